The lowest BCUT2D eigenvalue weighted by Gasteiger charge is -2.01. The Morgan fingerprint density at radius 1 is 1.17 bits per heavy atom. The molecular formula is C10H15AlCl. The summed E-state index contributed by atoms with van der Waals surface area (Å²) in [5.74, 6) is 0. The maximum atomic E-state index is 2.30. The van der Waals surface area contributed by atoms with Crippen LogP contribution in [0.3, 0.4) is 0 Å². The Morgan fingerprint density at radius 3 is 2.25 bits per heavy atom. The van der Waals surface area contributed by atoms with Gasteiger partial charge in [-0.05, 0) is 0 Å². The fraction of sp³-hybridized carbons (Fsp3) is 0.400. The summed E-state index contributed by atoms with van der Waals surface area (Å²) in [6.45, 7) is 4.61. The summed E-state index contributed by atoms with van der Waals surface area (Å²) < 4.78 is 0.898. The lowest BCUT2D eigenvalue weighted by molar-refractivity contribution is 1.04. The molecule has 0 saturated carbocycles. The summed E-state index contributed by atoms with van der Waals surface area (Å²) >= 11 is 0.607. The zero-order valence-corrected chi connectivity index (χ0v) is 9.63. The van der Waals surface area contributed by atoms with Crippen LogP contribution in [-0.2, 0) is 5.28 Å². The highest BCUT2D eigenvalue weighted by Crippen LogP contribution is 2.04. The lowest BCUT2D eigenvalue weighted by Crippen LogP contribution is -1.99. The van der Waals surface area contributed by atoms with Crippen LogP contribution in [0.5, 0.6) is 0 Å². The first-order valence-electron chi connectivity index (χ1n) is 4.16. The molecule has 0 aliphatic heterocycles. The van der Waals surface area contributed by atoms with Crippen LogP contribution < -0.4 is 0 Å². The first kappa shape index (κ1) is 12.0. The van der Waals surface area contributed by atoms with E-state index < -0.39 is 0 Å². The van der Waals surface area contributed by atoms with Gasteiger partial charge in [-0.25, -0.2) is 0 Å². The lowest BCUT2D eigenvalue weighted by atomic mass is 10.2. The van der Waals surface area contributed by atoms with Crippen LogP contribution in [0.25, 0.3) is 0 Å². The van der Waals surface area contributed by atoms with Gasteiger partial charge in [0.2, 0.25) is 15.2 Å². The molecule has 65 valence electrons. The number of hydrogen-bond donors (Lipinski definition) is 0. The molecule has 0 fully saturated rings. The van der Waals surface area contributed by atoms with Crippen molar-refractivity contribution < 1.29 is 0 Å². The molecule has 0 atom stereocenters. The summed E-state index contributed by atoms with van der Waals surface area (Å²) in [5, 5.41) is 1.30. The molecule has 12 heavy (non-hydrogen) atoms. The third kappa shape index (κ3) is 4.83. The van der Waals surface area contributed by atoms with Crippen LogP contribution in [-0.4, -0.2) is 15.2 Å². The third-order valence-corrected chi connectivity index (χ3v) is 3.32. The molecule has 1 rings (SSSR count). The van der Waals surface area contributed by atoms with Crippen LogP contribution in [0.4, 0.5) is 0 Å². The summed E-state index contributed by atoms with van der Waals surface area (Å²) in [7, 11) is 0. The molecule has 0 bridgehead atoms. The van der Waals surface area contributed by atoms with Crippen molar-refractivity contribution in [1.29, 1.82) is 0 Å². The molecule has 0 aliphatic rings. The van der Waals surface area contributed by atoms with E-state index >= 15 is 0 Å². The van der Waals surface area contributed by atoms with E-state index in [9.17, 15) is 0 Å². The minimum atomic E-state index is 0. The Bertz CT molecular complexity index is 196. The Labute approximate surface area is 87.5 Å². The Kier molecular flexibility index (Phi) is 6.57. The van der Waals surface area contributed by atoms with Crippen LogP contribution in [0.2, 0.25) is 4.78 Å². The monoisotopic (exact) mass is 197 g/mol. The minimum absolute atomic E-state index is 0. The fourth-order valence-corrected chi connectivity index (χ4v) is 2.00. The van der Waals surface area contributed by atoms with Gasteiger partial charge in [-0.2, -0.15) is 0 Å². The molecule has 0 saturated heterocycles. The van der Waals surface area contributed by atoms with Crippen molar-refractivity contribution >= 4 is 27.6 Å². The second-order valence-electron chi connectivity index (χ2n) is 3.17. The second-order valence-corrected chi connectivity index (χ2v) is 5.38. The number of benzene rings is 1. The maximum absolute atomic E-state index is 2.30. The molecular weight excluding hydrogens is 183 g/mol. The molecule has 0 aromatic heterocycles. The predicted octanol–water partition coefficient (Wildman–Crippen LogP) is 3.14. The van der Waals surface area contributed by atoms with Gasteiger partial charge in [0.1, 0.15) is 0 Å². The molecule has 0 spiro atoms. The zero-order chi connectivity index (χ0) is 8.10. The third-order valence-electron chi connectivity index (χ3n) is 1.67. The van der Waals surface area contributed by atoms with Gasteiger partial charge in [-0.3, -0.25) is 0 Å². The van der Waals surface area contributed by atoms with Crippen molar-refractivity contribution in [1.82, 2.24) is 0 Å². The Morgan fingerprint density at radius 2 is 1.75 bits per heavy atom. The Balaban J connectivity index is 0.00000121. The van der Waals surface area contributed by atoms with E-state index in [4.69, 9.17) is 0 Å². The number of rotatable bonds is 3. The van der Waals surface area contributed by atoms with Gasteiger partial charge in [-0.1, -0.05) is 59.8 Å². The van der Waals surface area contributed by atoms with E-state index in [0.717, 1.165) is 4.78 Å². The van der Waals surface area contributed by atoms with Crippen LogP contribution in [0.1, 0.15) is 19.4 Å². The van der Waals surface area contributed by atoms with E-state index in [1.165, 1.54) is 10.8 Å². The molecule has 0 unspecified atom stereocenters. The average molecular weight is 198 g/mol. The number of halogens is 1. The zero-order valence-electron chi connectivity index (χ0n) is 7.66. The van der Waals surface area contributed by atoms with Crippen molar-refractivity contribution in [2.45, 2.75) is 23.9 Å². The van der Waals surface area contributed by atoms with Gasteiger partial charge in [0.25, 0.3) is 0 Å². The van der Waals surface area contributed by atoms with Crippen LogP contribution >= 0.6 is 12.4 Å². The first-order valence-corrected chi connectivity index (χ1v) is 5.64. The minimum Gasteiger partial charge on any atom is -0.147 e. The second kappa shape index (κ2) is 6.55. The molecule has 0 amide bonds. The summed E-state index contributed by atoms with van der Waals surface area (Å²) in [6.07, 6.45) is 0. The Hall–Kier alpha value is 0.0425. The van der Waals surface area contributed by atoms with E-state index in [0.29, 0.717) is 15.2 Å². The fourth-order valence-electron chi connectivity index (χ4n) is 0.986. The largest absolute Gasteiger partial charge is 0.211 e. The highest BCUT2D eigenvalue weighted by atomic mass is 35.5. The summed E-state index contributed by atoms with van der Waals surface area (Å²) in [6, 6.07) is 10.8. The standard InChI is InChI=1S/C7H7.C3H7.Al.ClH/c1-7-5-3-2-4-6-7;1-3-2;;/h2-6H,1H2;3H,1-2H3;;1H. The highest BCUT2D eigenvalue weighted by Gasteiger charge is 1.97. The van der Waals surface area contributed by atoms with Gasteiger partial charge >= 0.3 is 0 Å². The van der Waals surface area contributed by atoms with Gasteiger partial charge < -0.3 is 0 Å². The average Bonchev–Trinajstić information content (AvgIpc) is 2.03. The molecule has 0 nitrogen and oxygen atoms in total. The molecule has 0 aliphatic carbocycles. The summed E-state index contributed by atoms with van der Waals surface area (Å²) in [4.78, 5) is 0. The van der Waals surface area contributed by atoms with Crippen molar-refractivity contribution in [3.05, 3.63) is 35.9 Å². The van der Waals surface area contributed by atoms with Crippen LogP contribution in [0.15, 0.2) is 30.3 Å². The molecule has 0 heterocycles. The maximum Gasteiger partial charge on any atom is 0.211 e. The van der Waals surface area contributed by atoms with Crippen molar-refractivity contribution in [3.63, 3.8) is 0 Å². The van der Waals surface area contributed by atoms with Gasteiger partial charge in [0, 0.05) is 0 Å². The van der Waals surface area contributed by atoms with E-state index in [-0.39, 0.29) is 12.4 Å². The normalized spacial score (nSPS) is 9.25. The number of hydrogen-bond acceptors (Lipinski definition) is 0. The molecule has 1 aromatic carbocycles. The summed E-state index contributed by atoms with van der Waals surface area (Å²) in [5.41, 5.74) is 1.50. The van der Waals surface area contributed by atoms with Crippen LogP contribution in [0, 0.1) is 0 Å². The SMILES string of the molecule is C[CH](C)[Al][CH2]c1ccccc1.Cl. The highest BCUT2D eigenvalue weighted by molar-refractivity contribution is 6.36. The molecule has 2 heteroatoms. The predicted molar refractivity (Wildman–Crippen MR) is 58.2 cm³/mol. The van der Waals surface area contributed by atoms with E-state index in [2.05, 4.69) is 44.2 Å². The topological polar surface area (TPSA) is 0 Å². The molecule has 1 aromatic rings. The molecule has 0 N–H and O–H groups in total. The van der Waals surface area contributed by atoms with Gasteiger partial charge in [0.15, 0.2) is 0 Å². The first-order chi connectivity index (χ1) is 5.29. The quantitative estimate of drug-likeness (QED) is 0.654. The van der Waals surface area contributed by atoms with E-state index in [1.54, 1.807) is 0 Å². The van der Waals surface area contributed by atoms with Gasteiger partial charge in [-0.15, -0.1) is 12.4 Å². The van der Waals surface area contributed by atoms with Crippen molar-refractivity contribution in [2.24, 2.45) is 0 Å². The smallest absolute Gasteiger partial charge is 0.147 e. The van der Waals surface area contributed by atoms with Crippen molar-refractivity contribution in [3.8, 4) is 0 Å². The van der Waals surface area contributed by atoms with E-state index in [1.807, 2.05) is 0 Å². The molecule has 1 radical (unpaired) electrons. The van der Waals surface area contributed by atoms with Crippen molar-refractivity contribution in [2.75, 3.05) is 0 Å². The van der Waals surface area contributed by atoms with Gasteiger partial charge in [0.05, 0.1) is 0 Å².